The number of hydrogen-bond acceptors (Lipinski definition) is 5. The van der Waals surface area contributed by atoms with Crippen molar-refractivity contribution in [2.75, 3.05) is 6.54 Å². The first-order valence-corrected chi connectivity index (χ1v) is 7.93. The van der Waals surface area contributed by atoms with Gasteiger partial charge in [-0.15, -0.1) is 0 Å². The number of hydrogen-bond donors (Lipinski definition) is 0. The van der Waals surface area contributed by atoms with Crippen LogP contribution in [-0.4, -0.2) is 26.6 Å². The second-order valence-corrected chi connectivity index (χ2v) is 5.76. The first-order valence-electron chi connectivity index (χ1n) is 7.93. The molecule has 0 unspecified atom stereocenters. The van der Waals surface area contributed by atoms with Crippen LogP contribution < -0.4 is 0 Å². The number of benzene rings is 1. The van der Waals surface area contributed by atoms with Crippen LogP contribution in [0.2, 0.25) is 0 Å². The van der Waals surface area contributed by atoms with Gasteiger partial charge in [0.05, 0.1) is 18.3 Å². The summed E-state index contributed by atoms with van der Waals surface area (Å²) in [6.45, 7) is 1.70. The Balaban J connectivity index is 1.51. The zero-order valence-corrected chi connectivity index (χ0v) is 12.8. The summed E-state index contributed by atoms with van der Waals surface area (Å²) in [6, 6.07) is 16.3. The quantitative estimate of drug-likeness (QED) is 0.738. The van der Waals surface area contributed by atoms with Gasteiger partial charge in [0.15, 0.2) is 0 Å². The van der Waals surface area contributed by atoms with Crippen molar-refractivity contribution in [3.8, 4) is 11.4 Å². The molecule has 1 fully saturated rings. The van der Waals surface area contributed by atoms with Crippen LogP contribution in [0.4, 0.5) is 0 Å². The molecule has 1 aromatic carbocycles. The standard InChI is InChI=1S/C18H18N4O/c1-2-7-14(8-3-1)18-20-17(23-21-18)13-22-12-6-10-16(22)15-9-4-5-11-19-15/h1-5,7-9,11,16H,6,10,12-13H2/t16-/m1/s1. The van der Waals surface area contributed by atoms with Crippen molar-refractivity contribution in [3.63, 3.8) is 0 Å². The Bertz CT molecular complexity index is 757. The Hall–Kier alpha value is -2.53. The first kappa shape index (κ1) is 14.1. The average molecular weight is 306 g/mol. The van der Waals surface area contributed by atoms with E-state index in [-0.39, 0.29) is 0 Å². The van der Waals surface area contributed by atoms with Crippen molar-refractivity contribution < 1.29 is 4.52 Å². The van der Waals surface area contributed by atoms with Gasteiger partial charge in [0.2, 0.25) is 11.7 Å². The maximum atomic E-state index is 5.44. The van der Waals surface area contributed by atoms with Crippen LogP contribution in [-0.2, 0) is 6.54 Å². The van der Waals surface area contributed by atoms with Crippen molar-refractivity contribution in [1.82, 2.24) is 20.0 Å². The molecule has 0 bridgehead atoms. The van der Waals surface area contributed by atoms with E-state index < -0.39 is 0 Å². The predicted molar refractivity (Wildman–Crippen MR) is 86.4 cm³/mol. The second kappa shape index (κ2) is 6.30. The molecule has 4 rings (SSSR count). The van der Waals surface area contributed by atoms with Gasteiger partial charge in [0.1, 0.15) is 0 Å². The van der Waals surface area contributed by atoms with Gasteiger partial charge in [0, 0.05) is 11.8 Å². The molecule has 23 heavy (non-hydrogen) atoms. The van der Waals surface area contributed by atoms with Gasteiger partial charge >= 0.3 is 0 Å². The summed E-state index contributed by atoms with van der Waals surface area (Å²) >= 11 is 0. The minimum Gasteiger partial charge on any atom is -0.338 e. The van der Waals surface area contributed by atoms with Crippen molar-refractivity contribution in [3.05, 3.63) is 66.3 Å². The van der Waals surface area contributed by atoms with E-state index in [1.54, 1.807) is 0 Å². The van der Waals surface area contributed by atoms with Gasteiger partial charge in [-0.3, -0.25) is 9.88 Å². The van der Waals surface area contributed by atoms with Crippen molar-refractivity contribution >= 4 is 0 Å². The number of aromatic nitrogens is 3. The molecule has 5 nitrogen and oxygen atoms in total. The highest BCUT2D eigenvalue weighted by atomic mass is 16.5. The molecule has 116 valence electrons. The van der Waals surface area contributed by atoms with Crippen molar-refractivity contribution in [2.45, 2.75) is 25.4 Å². The Kier molecular flexibility index (Phi) is 3.86. The molecule has 0 amide bonds. The van der Waals surface area contributed by atoms with Gasteiger partial charge in [-0.1, -0.05) is 41.6 Å². The van der Waals surface area contributed by atoms with Gasteiger partial charge in [0.25, 0.3) is 0 Å². The molecule has 1 atom stereocenters. The van der Waals surface area contributed by atoms with Gasteiger partial charge in [-0.2, -0.15) is 4.98 Å². The molecule has 0 radical (unpaired) electrons. The third kappa shape index (κ3) is 3.00. The third-order valence-electron chi connectivity index (χ3n) is 4.23. The molecule has 0 N–H and O–H groups in total. The third-order valence-corrected chi connectivity index (χ3v) is 4.23. The number of pyridine rings is 1. The zero-order valence-electron chi connectivity index (χ0n) is 12.8. The minimum atomic E-state index is 0.336. The number of likely N-dealkylation sites (tertiary alicyclic amines) is 1. The van der Waals surface area contributed by atoms with Crippen LogP contribution in [0.3, 0.4) is 0 Å². The van der Waals surface area contributed by atoms with Crippen molar-refractivity contribution in [2.24, 2.45) is 0 Å². The lowest BCUT2D eigenvalue weighted by atomic mass is 10.1. The van der Waals surface area contributed by atoms with E-state index in [1.165, 1.54) is 6.42 Å². The van der Waals surface area contributed by atoms with Crippen molar-refractivity contribution in [1.29, 1.82) is 0 Å². The van der Waals surface area contributed by atoms with E-state index in [0.29, 0.717) is 24.3 Å². The summed E-state index contributed by atoms with van der Waals surface area (Å²) in [4.78, 5) is 11.4. The Morgan fingerprint density at radius 3 is 2.78 bits per heavy atom. The fourth-order valence-electron chi connectivity index (χ4n) is 3.12. The largest absolute Gasteiger partial charge is 0.338 e. The van der Waals surface area contributed by atoms with E-state index in [4.69, 9.17) is 4.52 Å². The average Bonchev–Trinajstić information content (AvgIpc) is 3.26. The highest BCUT2D eigenvalue weighted by Crippen LogP contribution is 2.31. The first-order chi connectivity index (χ1) is 11.4. The maximum absolute atomic E-state index is 5.44. The van der Waals surface area contributed by atoms with E-state index in [9.17, 15) is 0 Å². The molecular formula is C18H18N4O. The van der Waals surface area contributed by atoms with E-state index in [1.807, 2.05) is 48.7 Å². The Morgan fingerprint density at radius 1 is 1.09 bits per heavy atom. The zero-order chi connectivity index (χ0) is 15.5. The summed E-state index contributed by atoms with van der Waals surface area (Å²) < 4.78 is 5.44. The Labute approximate surface area is 135 Å². The fraction of sp³-hybridized carbons (Fsp3) is 0.278. The summed E-state index contributed by atoms with van der Waals surface area (Å²) in [7, 11) is 0. The minimum absolute atomic E-state index is 0.336. The fourth-order valence-corrected chi connectivity index (χ4v) is 3.12. The molecule has 0 aliphatic carbocycles. The molecule has 1 saturated heterocycles. The van der Waals surface area contributed by atoms with Crippen LogP contribution >= 0.6 is 0 Å². The molecule has 2 aromatic heterocycles. The molecule has 0 saturated carbocycles. The molecule has 1 aliphatic rings. The Morgan fingerprint density at radius 2 is 1.96 bits per heavy atom. The predicted octanol–water partition coefficient (Wildman–Crippen LogP) is 3.47. The van der Waals surface area contributed by atoms with E-state index >= 15 is 0 Å². The van der Waals surface area contributed by atoms with Crippen LogP contribution in [0, 0.1) is 0 Å². The summed E-state index contributed by atoms with van der Waals surface area (Å²) in [5.74, 6) is 1.31. The van der Waals surface area contributed by atoms with E-state index in [2.05, 4.69) is 26.1 Å². The molecular weight excluding hydrogens is 288 g/mol. The highest BCUT2D eigenvalue weighted by Gasteiger charge is 2.28. The van der Waals surface area contributed by atoms with Gasteiger partial charge < -0.3 is 4.52 Å². The second-order valence-electron chi connectivity index (χ2n) is 5.76. The van der Waals surface area contributed by atoms with Crippen LogP contribution in [0.25, 0.3) is 11.4 Å². The molecule has 1 aliphatic heterocycles. The molecule has 0 spiro atoms. The van der Waals surface area contributed by atoms with Crippen LogP contribution in [0.1, 0.15) is 30.5 Å². The monoisotopic (exact) mass is 306 g/mol. The lowest BCUT2D eigenvalue weighted by molar-refractivity contribution is 0.209. The molecule has 3 aromatic rings. The van der Waals surface area contributed by atoms with Gasteiger partial charge in [-0.05, 0) is 31.5 Å². The topological polar surface area (TPSA) is 55.1 Å². The van der Waals surface area contributed by atoms with Crippen LogP contribution in [0.15, 0.2) is 59.3 Å². The summed E-state index contributed by atoms with van der Waals surface area (Å²) in [5, 5.41) is 4.10. The number of rotatable bonds is 4. The maximum Gasteiger partial charge on any atom is 0.241 e. The molecule has 3 heterocycles. The normalized spacial score (nSPS) is 18.3. The molecule has 5 heteroatoms. The highest BCUT2D eigenvalue weighted by molar-refractivity contribution is 5.53. The lowest BCUT2D eigenvalue weighted by Crippen LogP contribution is -2.23. The summed E-state index contributed by atoms with van der Waals surface area (Å²) in [5.41, 5.74) is 2.10. The van der Waals surface area contributed by atoms with Gasteiger partial charge in [-0.25, -0.2) is 0 Å². The SMILES string of the molecule is c1ccc(-c2noc(CN3CCC[C@@H]3c3ccccn3)n2)cc1. The van der Waals surface area contributed by atoms with Crippen LogP contribution in [0.5, 0.6) is 0 Å². The lowest BCUT2D eigenvalue weighted by Gasteiger charge is -2.21. The summed E-state index contributed by atoms with van der Waals surface area (Å²) in [6.07, 6.45) is 4.14. The van der Waals surface area contributed by atoms with E-state index in [0.717, 1.165) is 24.2 Å². The number of nitrogens with zero attached hydrogens (tertiary/aromatic N) is 4. The smallest absolute Gasteiger partial charge is 0.241 e.